The minimum atomic E-state index is -4.48. The molecule has 0 bridgehead atoms. The van der Waals surface area contributed by atoms with Gasteiger partial charge < -0.3 is 14.6 Å². The van der Waals surface area contributed by atoms with Crippen LogP contribution in [0.1, 0.15) is 30.4 Å². The number of benzene rings is 1. The molecule has 0 radical (unpaired) electrons. The number of imidazole rings is 1. The number of alkyl halides is 3. The number of halogens is 3. The summed E-state index contributed by atoms with van der Waals surface area (Å²) in [5.74, 6) is -0.333. The Morgan fingerprint density at radius 2 is 1.82 bits per heavy atom. The highest BCUT2D eigenvalue weighted by atomic mass is 19.4. The number of esters is 1. The Labute approximate surface area is 191 Å². The second-order valence-electron chi connectivity index (χ2n) is 8.41. The molecule has 9 nitrogen and oxygen atoms in total. The van der Waals surface area contributed by atoms with E-state index in [0.29, 0.717) is 17.9 Å². The zero-order valence-corrected chi connectivity index (χ0v) is 18.8. The zero-order valence-electron chi connectivity index (χ0n) is 18.8. The topological polar surface area (TPSA) is 100 Å². The van der Waals surface area contributed by atoms with Crippen LogP contribution < -0.4 is 16.6 Å². The Balaban J connectivity index is 1.71. The molecule has 2 aromatic heterocycles. The van der Waals surface area contributed by atoms with Crippen LogP contribution in [-0.2, 0) is 36.3 Å². The molecule has 1 aromatic carbocycles. The number of carbonyl (C=O) groups is 1. The number of hydrogen-bond acceptors (Lipinski definition) is 6. The zero-order chi connectivity index (χ0) is 24.8. The lowest BCUT2D eigenvalue weighted by Crippen LogP contribution is -2.39. The number of anilines is 1. The van der Waals surface area contributed by atoms with Gasteiger partial charge in [0.05, 0.1) is 25.1 Å². The van der Waals surface area contributed by atoms with Crippen LogP contribution in [0.25, 0.3) is 11.2 Å². The van der Waals surface area contributed by atoms with Gasteiger partial charge in [-0.25, -0.2) is 4.79 Å². The summed E-state index contributed by atoms with van der Waals surface area (Å²) in [6, 6.07) is 4.07. The van der Waals surface area contributed by atoms with Crippen molar-refractivity contribution in [1.82, 2.24) is 18.7 Å². The van der Waals surface area contributed by atoms with Crippen LogP contribution >= 0.6 is 0 Å². The quantitative estimate of drug-likeness (QED) is 0.564. The molecule has 1 aliphatic carbocycles. The monoisotopic (exact) mass is 479 g/mol. The lowest BCUT2D eigenvalue weighted by Gasteiger charge is -2.19. The van der Waals surface area contributed by atoms with Crippen LogP contribution in [0.3, 0.4) is 0 Å². The van der Waals surface area contributed by atoms with Gasteiger partial charge in [0.2, 0.25) is 5.95 Å². The summed E-state index contributed by atoms with van der Waals surface area (Å²) < 4.78 is 47.1. The maximum absolute atomic E-state index is 13.2. The minimum absolute atomic E-state index is 0.157. The fraction of sp³-hybridized carbons (Fsp3) is 0.455. The van der Waals surface area contributed by atoms with Gasteiger partial charge in [-0.2, -0.15) is 18.2 Å². The number of methoxy groups -OCH3 is 1. The molecule has 3 aromatic rings. The van der Waals surface area contributed by atoms with Crippen LogP contribution in [0.15, 0.2) is 33.9 Å². The van der Waals surface area contributed by atoms with Gasteiger partial charge in [-0.15, -0.1) is 0 Å². The number of aromatic nitrogens is 4. The molecular formula is C22H24F3N5O4. The van der Waals surface area contributed by atoms with E-state index in [1.165, 1.54) is 35.4 Å². The van der Waals surface area contributed by atoms with Crippen LogP contribution in [0, 0.1) is 5.92 Å². The van der Waals surface area contributed by atoms with Gasteiger partial charge in [0.25, 0.3) is 5.56 Å². The van der Waals surface area contributed by atoms with Crippen molar-refractivity contribution in [1.29, 1.82) is 0 Å². The maximum atomic E-state index is 13.2. The second-order valence-corrected chi connectivity index (χ2v) is 8.41. The van der Waals surface area contributed by atoms with Crippen LogP contribution in [-0.4, -0.2) is 37.8 Å². The third-order valence-corrected chi connectivity index (χ3v) is 6.32. The van der Waals surface area contributed by atoms with E-state index in [0.717, 1.165) is 29.5 Å². The van der Waals surface area contributed by atoms with E-state index in [4.69, 9.17) is 4.74 Å². The molecule has 182 valence electrons. The molecule has 0 aliphatic heterocycles. The van der Waals surface area contributed by atoms with Crippen molar-refractivity contribution >= 4 is 23.1 Å². The molecular weight excluding hydrogens is 455 g/mol. The average Bonchev–Trinajstić information content (AvgIpc) is 3.39. The Hall–Kier alpha value is -3.57. The van der Waals surface area contributed by atoms with Gasteiger partial charge >= 0.3 is 17.8 Å². The molecule has 2 atom stereocenters. The lowest BCUT2D eigenvalue weighted by atomic mass is 10.0. The van der Waals surface area contributed by atoms with E-state index >= 15 is 0 Å². The molecule has 1 aliphatic rings. The predicted octanol–water partition coefficient (Wildman–Crippen LogP) is 2.25. The minimum Gasteiger partial charge on any atom is -0.469 e. The van der Waals surface area contributed by atoms with E-state index in [9.17, 15) is 27.6 Å². The fourth-order valence-electron chi connectivity index (χ4n) is 4.43. The predicted molar refractivity (Wildman–Crippen MR) is 118 cm³/mol. The summed E-state index contributed by atoms with van der Waals surface area (Å²) in [4.78, 5) is 42.6. The van der Waals surface area contributed by atoms with Gasteiger partial charge in [0, 0.05) is 20.1 Å². The smallest absolute Gasteiger partial charge is 0.416 e. The Bertz CT molecular complexity index is 1350. The van der Waals surface area contributed by atoms with Crippen molar-refractivity contribution in [3.05, 3.63) is 56.2 Å². The van der Waals surface area contributed by atoms with Gasteiger partial charge in [0.1, 0.15) is 0 Å². The summed E-state index contributed by atoms with van der Waals surface area (Å²) >= 11 is 0. The Morgan fingerprint density at radius 1 is 1.15 bits per heavy atom. The van der Waals surface area contributed by atoms with E-state index in [1.54, 1.807) is 7.05 Å². The van der Waals surface area contributed by atoms with Gasteiger partial charge in [-0.1, -0.05) is 18.6 Å². The standard InChI is InChI=1S/C22H24F3N5O4/c1-28-16-17(27-20(28)26-15-6-4-5-14(15)19(32)34-3)29(2)21(33)30(18(16)31)11-12-7-9-13(10-8-12)22(23,24)25/h7-10,14-15H,4-6,11H2,1-3H3,(H,26,27)/t14-,15+/m0/s1. The van der Waals surface area contributed by atoms with Crippen molar-refractivity contribution in [3.8, 4) is 0 Å². The summed E-state index contributed by atoms with van der Waals surface area (Å²) in [5.41, 5.74) is -1.38. The van der Waals surface area contributed by atoms with Crippen molar-refractivity contribution in [2.45, 2.75) is 38.0 Å². The van der Waals surface area contributed by atoms with Crippen molar-refractivity contribution in [2.75, 3.05) is 12.4 Å². The first kappa shape index (κ1) is 23.6. The Morgan fingerprint density at radius 3 is 2.44 bits per heavy atom. The molecule has 4 rings (SSSR count). The number of nitrogens with one attached hydrogen (secondary N) is 1. The largest absolute Gasteiger partial charge is 0.469 e. The SMILES string of the molecule is COC(=O)[C@H]1CCC[C@H]1Nc1nc2c(c(=O)n(Cc3ccc(C(F)(F)F)cc3)c(=O)n2C)n1C. The third kappa shape index (κ3) is 4.08. The summed E-state index contributed by atoms with van der Waals surface area (Å²) in [5, 5.41) is 3.21. The highest BCUT2D eigenvalue weighted by molar-refractivity contribution is 5.76. The van der Waals surface area contributed by atoms with Crippen LogP contribution in [0.4, 0.5) is 19.1 Å². The molecule has 12 heteroatoms. The molecule has 0 amide bonds. The molecule has 0 saturated heterocycles. The molecule has 2 heterocycles. The molecule has 1 saturated carbocycles. The molecule has 0 unspecified atom stereocenters. The van der Waals surface area contributed by atoms with E-state index in [2.05, 4.69) is 10.3 Å². The first-order chi connectivity index (χ1) is 16.0. The maximum Gasteiger partial charge on any atom is 0.416 e. The number of hydrogen-bond donors (Lipinski definition) is 1. The number of carbonyl (C=O) groups excluding carboxylic acids is 1. The second kappa shape index (κ2) is 8.65. The fourth-order valence-corrected chi connectivity index (χ4v) is 4.43. The van der Waals surface area contributed by atoms with Crippen molar-refractivity contribution in [2.24, 2.45) is 20.0 Å². The molecule has 1 N–H and O–H groups in total. The van der Waals surface area contributed by atoms with Gasteiger partial charge in [0.15, 0.2) is 11.2 Å². The van der Waals surface area contributed by atoms with Gasteiger partial charge in [-0.05, 0) is 30.5 Å². The van der Waals surface area contributed by atoms with Crippen molar-refractivity contribution < 1.29 is 22.7 Å². The summed E-state index contributed by atoms with van der Waals surface area (Å²) in [6.45, 7) is -0.194. The summed E-state index contributed by atoms with van der Waals surface area (Å²) in [7, 11) is 4.42. The highest BCUT2D eigenvalue weighted by Gasteiger charge is 2.35. The van der Waals surface area contributed by atoms with E-state index in [1.807, 2.05) is 0 Å². The van der Waals surface area contributed by atoms with E-state index in [-0.39, 0.29) is 35.6 Å². The van der Waals surface area contributed by atoms with Crippen molar-refractivity contribution in [3.63, 3.8) is 0 Å². The van der Waals surface area contributed by atoms with Crippen LogP contribution in [0.5, 0.6) is 0 Å². The number of nitrogens with zero attached hydrogens (tertiary/aromatic N) is 4. The average molecular weight is 479 g/mol. The third-order valence-electron chi connectivity index (χ3n) is 6.32. The van der Waals surface area contributed by atoms with Crippen LogP contribution in [0.2, 0.25) is 0 Å². The molecule has 0 spiro atoms. The number of rotatable bonds is 5. The summed E-state index contributed by atoms with van der Waals surface area (Å²) in [6.07, 6.45) is -2.25. The molecule has 1 fully saturated rings. The number of aryl methyl sites for hydroxylation is 2. The first-order valence-electron chi connectivity index (χ1n) is 10.7. The molecule has 34 heavy (non-hydrogen) atoms. The lowest BCUT2D eigenvalue weighted by molar-refractivity contribution is -0.145. The normalized spacial score (nSPS) is 18.4. The first-order valence-corrected chi connectivity index (χ1v) is 10.7. The highest BCUT2D eigenvalue weighted by Crippen LogP contribution is 2.30. The number of fused-ring (bicyclic) bond motifs is 1. The Kier molecular flexibility index (Phi) is 6.00. The number of ether oxygens (including phenoxy) is 1. The van der Waals surface area contributed by atoms with E-state index < -0.39 is 23.0 Å². The van der Waals surface area contributed by atoms with Gasteiger partial charge in [-0.3, -0.25) is 18.7 Å².